The van der Waals surface area contributed by atoms with Crippen molar-refractivity contribution >= 4 is 35.6 Å². The number of nitrogens with one attached hydrogen (secondary N) is 1. The molecule has 0 unspecified atom stereocenters. The van der Waals surface area contributed by atoms with Gasteiger partial charge in [0.1, 0.15) is 0 Å². The minimum atomic E-state index is -0.280. The van der Waals surface area contributed by atoms with Crippen LogP contribution in [0.4, 0.5) is 5.69 Å². The molecule has 2 aromatic rings. The van der Waals surface area contributed by atoms with Gasteiger partial charge in [-0.1, -0.05) is 49.1 Å². The summed E-state index contributed by atoms with van der Waals surface area (Å²) in [4.78, 5) is 37.9. The van der Waals surface area contributed by atoms with Crippen molar-refractivity contribution in [2.24, 2.45) is 15.0 Å². The van der Waals surface area contributed by atoms with Gasteiger partial charge in [-0.3, -0.25) is 19.6 Å². The third kappa shape index (κ3) is 7.54. The summed E-state index contributed by atoms with van der Waals surface area (Å²) in [5.41, 5.74) is 5.01. The van der Waals surface area contributed by atoms with E-state index in [0.717, 1.165) is 28.8 Å². The van der Waals surface area contributed by atoms with Crippen LogP contribution in [0.15, 0.2) is 112 Å². The first-order chi connectivity index (χ1) is 17.0. The fourth-order valence-corrected chi connectivity index (χ4v) is 3.32. The number of hydrogen-bond donors (Lipinski definition) is 1. The van der Waals surface area contributed by atoms with Gasteiger partial charge in [0, 0.05) is 43.4 Å². The highest BCUT2D eigenvalue weighted by molar-refractivity contribution is 6.15. The van der Waals surface area contributed by atoms with Gasteiger partial charge < -0.3 is 5.32 Å². The molecule has 0 saturated heterocycles. The van der Waals surface area contributed by atoms with E-state index in [4.69, 9.17) is 0 Å². The molecule has 2 aromatic carbocycles. The number of hydrogen-bond acceptors (Lipinski definition) is 5. The van der Waals surface area contributed by atoms with Gasteiger partial charge in [-0.25, -0.2) is 4.99 Å². The molecular weight excluding hydrogens is 436 g/mol. The zero-order chi connectivity index (χ0) is 25.0. The maximum absolute atomic E-state index is 12.6. The lowest BCUT2D eigenvalue weighted by Gasteiger charge is -2.06. The third-order valence-electron chi connectivity index (χ3n) is 5.26. The smallest absolute Gasteiger partial charge is 0.256 e. The second kappa shape index (κ2) is 12.7. The van der Waals surface area contributed by atoms with E-state index in [1.54, 1.807) is 43.7 Å². The highest BCUT2D eigenvalue weighted by atomic mass is 16.1. The molecule has 1 heterocycles. The lowest BCUT2D eigenvalue weighted by Crippen LogP contribution is -2.21. The second-order valence-corrected chi connectivity index (χ2v) is 7.86. The summed E-state index contributed by atoms with van der Waals surface area (Å²) in [6.07, 6.45) is 13.0. The average molecular weight is 465 g/mol. The summed E-state index contributed by atoms with van der Waals surface area (Å²) in [6, 6.07) is 14.8. The maximum Gasteiger partial charge on any atom is 0.256 e. The molecule has 1 aliphatic heterocycles. The van der Waals surface area contributed by atoms with Crippen LogP contribution in [0.25, 0.3) is 0 Å². The quantitative estimate of drug-likeness (QED) is 0.311. The molecule has 0 bridgehead atoms. The minimum absolute atomic E-state index is 0.201. The molecule has 3 rings (SSSR count). The molecule has 1 N–H and O–H groups in total. The first-order valence-corrected chi connectivity index (χ1v) is 11.2. The fourth-order valence-electron chi connectivity index (χ4n) is 3.32. The number of allylic oxidation sites excluding steroid dienone is 6. The van der Waals surface area contributed by atoms with E-state index in [1.165, 1.54) is 12.4 Å². The Labute approximate surface area is 205 Å². The first kappa shape index (κ1) is 25.2. The SMILES string of the molecule is C=C(Cc1cccc(C(=O)N/C=N/c2ccccc2C)c1)C(=O)/C=C\C(=N/C)C1=CN=CCC=C1. The number of nitrogens with zero attached hydrogens (tertiary/aromatic N) is 3. The summed E-state index contributed by atoms with van der Waals surface area (Å²) in [7, 11) is 1.67. The summed E-state index contributed by atoms with van der Waals surface area (Å²) in [5, 5.41) is 2.69. The monoisotopic (exact) mass is 464 g/mol. The van der Waals surface area contributed by atoms with Crippen LogP contribution < -0.4 is 5.32 Å². The van der Waals surface area contributed by atoms with E-state index in [0.29, 0.717) is 23.3 Å². The van der Waals surface area contributed by atoms with Crippen LogP contribution in [-0.2, 0) is 11.2 Å². The van der Waals surface area contributed by atoms with Gasteiger partial charge in [-0.15, -0.1) is 0 Å². The van der Waals surface area contributed by atoms with Gasteiger partial charge in [-0.05, 0) is 54.0 Å². The molecule has 35 heavy (non-hydrogen) atoms. The first-order valence-electron chi connectivity index (χ1n) is 11.2. The van der Waals surface area contributed by atoms with E-state index < -0.39 is 0 Å². The molecule has 0 radical (unpaired) electrons. The summed E-state index contributed by atoms with van der Waals surface area (Å²) >= 11 is 0. The fraction of sp³-hybridized carbons (Fsp3) is 0.138. The van der Waals surface area contributed by atoms with Crippen LogP contribution in [0.1, 0.15) is 27.9 Å². The van der Waals surface area contributed by atoms with Crippen LogP contribution in [0.5, 0.6) is 0 Å². The lowest BCUT2D eigenvalue weighted by atomic mass is 10.00. The van der Waals surface area contributed by atoms with Crippen molar-refractivity contribution in [1.82, 2.24) is 5.32 Å². The molecule has 6 heteroatoms. The Balaban J connectivity index is 1.60. The zero-order valence-electron chi connectivity index (χ0n) is 19.9. The Morgan fingerprint density at radius 1 is 1.14 bits per heavy atom. The predicted molar refractivity (Wildman–Crippen MR) is 144 cm³/mol. The number of carbonyl (C=O) groups excluding carboxylic acids is 2. The van der Waals surface area contributed by atoms with Gasteiger partial charge in [0.25, 0.3) is 5.91 Å². The Bertz CT molecular complexity index is 1290. The zero-order valence-corrected chi connectivity index (χ0v) is 19.9. The normalized spacial score (nSPS) is 13.7. The average Bonchev–Trinajstić information content (AvgIpc) is 3.15. The Morgan fingerprint density at radius 3 is 2.77 bits per heavy atom. The van der Waals surface area contributed by atoms with Crippen LogP contribution in [0.2, 0.25) is 0 Å². The Morgan fingerprint density at radius 2 is 1.97 bits per heavy atom. The van der Waals surface area contributed by atoms with Gasteiger partial charge in [0.15, 0.2) is 5.78 Å². The van der Waals surface area contributed by atoms with Crippen molar-refractivity contribution in [2.45, 2.75) is 19.8 Å². The number of para-hydroxylation sites is 1. The molecule has 0 fully saturated rings. The standard InChI is InChI=1S/C29H28N4O2/c1-21-9-4-5-13-26(21)32-20-33-29(35)24-12-8-10-23(18-24)17-22(2)28(34)15-14-27(30-3)25-11-6-7-16-31-19-25/h4-6,8-16,18-20H,2,7,17H2,1,3H3,(H,32,33,35)/b15-14-,30-27+. The molecule has 0 atom stereocenters. The number of aliphatic imine (C=N–C) groups is 3. The molecule has 0 aromatic heterocycles. The molecule has 0 aliphatic carbocycles. The molecular formula is C29H28N4O2. The van der Waals surface area contributed by atoms with E-state index in [-0.39, 0.29) is 11.7 Å². The van der Waals surface area contributed by atoms with Gasteiger partial charge in [0.05, 0.1) is 17.7 Å². The van der Waals surface area contributed by atoms with Crippen molar-refractivity contribution in [3.05, 3.63) is 113 Å². The topological polar surface area (TPSA) is 83.2 Å². The van der Waals surface area contributed by atoms with Gasteiger partial charge in [0.2, 0.25) is 0 Å². The number of benzene rings is 2. The van der Waals surface area contributed by atoms with Crippen LogP contribution in [-0.4, -0.2) is 37.0 Å². The predicted octanol–water partition coefficient (Wildman–Crippen LogP) is 5.29. The molecule has 6 nitrogen and oxygen atoms in total. The van der Waals surface area contributed by atoms with Crippen molar-refractivity contribution in [3.8, 4) is 0 Å². The number of rotatable bonds is 9. The summed E-state index contributed by atoms with van der Waals surface area (Å²) < 4.78 is 0. The molecule has 0 saturated carbocycles. The molecule has 1 aliphatic rings. The van der Waals surface area contributed by atoms with E-state index >= 15 is 0 Å². The van der Waals surface area contributed by atoms with E-state index in [9.17, 15) is 9.59 Å². The van der Waals surface area contributed by atoms with Crippen LogP contribution >= 0.6 is 0 Å². The second-order valence-electron chi connectivity index (χ2n) is 7.86. The summed E-state index contributed by atoms with van der Waals surface area (Å²) in [6.45, 7) is 5.89. The summed E-state index contributed by atoms with van der Waals surface area (Å²) in [5.74, 6) is -0.481. The minimum Gasteiger partial charge on any atom is -0.313 e. The molecule has 176 valence electrons. The maximum atomic E-state index is 12.6. The highest BCUT2D eigenvalue weighted by Crippen LogP contribution is 2.16. The van der Waals surface area contributed by atoms with Crippen molar-refractivity contribution in [2.75, 3.05) is 7.05 Å². The Kier molecular flexibility index (Phi) is 9.14. The largest absolute Gasteiger partial charge is 0.313 e. The lowest BCUT2D eigenvalue weighted by molar-refractivity contribution is -0.111. The van der Waals surface area contributed by atoms with E-state index in [1.807, 2.05) is 49.4 Å². The van der Waals surface area contributed by atoms with Crippen LogP contribution in [0.3, 0.4) is 0 Å². The third-order valence-corrected chi connectivity index (χ3v) is 5.26. The van der Waals surface area contributed by atoms with Crippen molar-refractivity contribution in [1.29, 1.82) is 0 Å². The van der Waals surface area contributed by atoms with Crippen molar-refractivity contribution < 1.29 is 9.59 Å². The Hall–Kier alpha value is -4.45. The number of amides is 1. The molecule has 1 amide bonds. The number of aryl methyl sites for hydroxylation is 1. The van der Waals surface area contributed by atoms with Gasteiger partial charge in [-0.2, -0.15) is 0 Å². The van der Waals surface area contributed by atoms with Gasteiger partial charge >= 0.3 is 0 Å². The van der Waals surface area contributed by atoms with Crippen LogP contribution in [0, 0.1) is 6.92 Å². The highest BCUT2D eigenvalue weighted by Gasteiger charge is 2.09. The van der Waals surface area contributed by atoms with E-state index in [2.05, 4.69) is 26.9 Å². The number of carbonyl (C=O) groups is 2. The number of ketones is 1. The van der Waals surface area contributed by atoms with Crippen molar-refractivity contribution in [3.63, 3.8) is 0 Å². The molecule has 0 spiro atoms.